The van der Waals surface area contributed by atoms with E-state index in [1.54, 1.807) is 0 Å². The molecule has 0 aromatic heterocycles. The molecule has 0 aromatic rings. The van der Waals surface area contributed by atoms with Crippen molar-refractivity contribution in [3.05, 3.63) is 0 Å². The molecule has 5 atom stereocenters. The fourth-order valence-corrected chi connectivity index (χ4v) is 3.03. The lowest BCUT2D eigenvalue weighted by molar-refractivity contribution is -0.128. The predicted octanol–water partition coefficient (Wildman–Crippen LogP) is 0.919. The maximum Gasteiger partial charge on any atom is 0.474 e. The quantitative estimate of drug-likeness (QED) is 0.323. The van der Waals surface area contributed by atoms with Crippen molar-refractivity contribution >= 4 is 7.82 Å². The molecule has 0 saturated carbocycles. The highest BCUT2D eigenvalue weighted by atomic mass is 31.2. The SMILES string of the molecule is CCCCCCCCOP(=O)(O)O[C@@H]1O[C@H](CO)[C@@H](O)[C@@H]1O. The van der Waals surface area contributed by atoms with Gasteiger partial charge in [0.25, 0.3) is 0 Å². The summed E-state index contributed by atoms with van der Waals surface area (Å²) in [5, 5.41) is 28.0. The summed E-state index contributed by atoms with van der Waals surface area (Å²) in [6, 6.07) is 0. The molecular formula is C13H27O8P. The van der Waals surface area contributed by atoms with Crippen molar-refractivity contribution in [2.45, 2.75) is 70.1 Å². The molecule has 0 amide bonds. The molecule has 4 N–H and O–H groups in total. The lowest BCUT2D eigenvalue weighted by Crippen LogP contribution is -2.34. The summed E-state index contributed by atoms with van der Waals surface area (Å²) >= 11 is 0. The third-order valence-corrected chi connectivity index (χ3v) is 4.47. The van der Waals surface area contributed by atoms with Gasteiger partial charge in [0.15, 0.2) is 6.29 Å². The largest absolute Gasteiger partial charge is 0.474 e. The van der Waals surface area contributed by atoms with Gasteiger partial charge in [-0.3, -0.25) is 9.05 Å². The second kappa shape index (κ2) is 9.95. The zero-order valence-corrected chi connectivity index (χ0v) is 13.7. The molecule has 1 aliphatic heterocycles. The lowest BCUT2D eigenvalue weighted by Gasteiger charge is -2.19. The normalized spacial score (nSPS) is 31.3. The highest BCUT2D eigenvalue weighted by Crippen LogP contribution is 2.46. The first kappa shape index (κ1) is 20.0. The highest BCUT2D eigenvalue weighted by Gasteiger charge is 2.46. The number of phosphoric acid groups is 1. The number of unbranched alkanes of at least 4 members (excludes halogenated alkanes) is 5. The molecule has 22 heavy (non-hydrogen) atoms. The van der Waals surface area contributed by atoms with Gasteiger partial charge >= 0.3 is 7.82 Å². The van der Waals surface area contributed by atoms with Crippen LogP contribution in [0.25, 0.3) is 0 Å². The monoisotopic (exact) mass is 342 g/mol. The second-order valence-electron chi connectivity index (χ2n) is 5.38. The van der Waals surface area contributed by atoms with Crippen LogP contribution in [0.1, 0.15) is 45.4 Å². The average Bonchev–Trinajstić information content (AvgIpc) is 2.73. The summed E-state index contributed by atoms with van der Waals surface area (Å²) in [6.45, 7) is 1.65. The number of hydrogen-bond acceptors (Lipinski definition) is 7. The van der Waals surface area contributed by atoms with E-state index in [2.05, 4.69) is 6.92 Å². The molecule has 1 heterocycles. The van der Waals surface area contributed by atoms with E-state index in [0.29, 0.717) is 6.42 Å². The van der Waals surface area contributed by atoms with Crippen molar-refractivity contribution in [1.82, 2.24) is 0 Å². The van der Waals surface area contributed by atoms with Crippen LogP contribution in [0, 0.1) is 0 Å². The molecule has 8 nitrogen and oxygen atoms in total. The van der Waals surface area contributed by atoms with Crippen LogP contribution < -0.4 is 0 Å². The van der Waals surface area contributed by atoms with Gasteiger partial charge in [0.2, 0.25) is 0 Å². The molecule has 1 fully saturated rings. The zero-order chi connectivity index (χ0) is 16.6. The van der Waals surface area contributed by atoms with E-state index in [-0.39, 0.29) is 6.61 Å². The zero-order valence-electron chi connectivity index (χ0n) is 12.8. The van der Waals surface area contributed by atoms with Crippen LogP contribution in [0.5, 0.6) is 0 Å². The molecule has 1 aliphatic rings. The third kappa shape index (κ3) is 6.60. The Morgan fingerprint density at radius 1 is 1.09 bits per heavy atom. The molecule has 0 aromatic carbocycles. The minimum absolute atomic E-state index is 0.0642. The number of ether oxygens (including phenoxy) is 1. The van der Waals surface area contributed by atoms with E-state index in [9.17, 15) is 19.7 Å². The van der Waals surface area contributed by atoms with E-state index < -0.39 is 39.0 Å². The average molecular weight is 342 g/mol. The number of aliphatic hydroxyl groups is 3. The first-order chi connectivity index (χ1) is 10.4. The Kier molecular flexibility index (Phi) is 9.04. The van der Waals surface area contributed by atoms with Crippen molar-refractivity contribution in [2.24, 2.45) is 0 Å². The Labute approximate surface area is 130 Å². The summed E-state index contributed by atoms with van der Waals surface area (Å²) in [7, 11) is -4.38. The standard InChI is InChI=1S/C13H27O8P/c1-2-3-4-5-6-7-8-19-22(17,18)21-13-12(16)11(15)10(9-14)20-13/h10-16H,2-9H2,1H3,(H,17,18)/t10-,11-,12+,13+/m1/s1. The Hall–Kier alpha value is -0.0500. The van der Waals surface area contributed by atoms with Crippen molar-refractivity contribution in [3.63, 3.8) is 0 Å². The molecule has 0 radical (unpaired) electrons. The lowest BCUT2D eigenvalue weighted by atomic mass is 10.1. The molecule has 1 saturated heterocycles. The van der Waals surface area contributed by atoms with Crippen LogP contribution in [0.3, 0.4) is 0 Å². The van der Waals surface area contributed by atoms with Gasteiger partial charge in [-0.05, 0) is 6.42 Å². The predicted molar refractivity (Wildman–Crippen MR) is 78.0 cm³/mol. The van der Waals surface area contributed by atoms with Gasteiger partial charge in [0.1, 0.15) is 18.3 Å². The van der Waals surface area contributed by atoms with E-state index >= 15 is 0 Å². The van der Waals surface area contributed by atoms with Crippen LogP contribution in [0.2, 0.25) is 0 Å². The van der Waals surface area contributed by atoms with Gasteiger partial charge < -0.3 is 24.9 Å². The fraction of sp³-hybridized carbons (Fsp3) is 1.00. The van der Waals surface area contributed by atoms with Crippen molar-refractivity contribution in [1.29, 1.82) is 0 Å². The maximum atomic E-state index is 11.7. The van der Waals surface area contributed by atoms with E-state index in [1.807, 2.05) is 0 Å². The third-order valence-electron chi connectivity index (χ3n) is 3.49. The minimum Gasteiger partial charge on any atom is -0.394 e. The molecule has 0 aliphatic carbocycles. The molecule has 0 spiro atoms. The van der Waals surface area contributed by atoms with Crippen LogP contribution >= 0.6 is 7.82 Å². The molecule has 1 unspecified atom stereocenters. The van der Waals surface area contributed by atoms with Crippen LogP contribution in [-0.2, 0) is 18.3 Å². The molecular weight excluding hydrogens is 315 g/mol. The molecule has 0 bridgehead atoms. The van der Waals surface area contributed by atoms with E-state index in [0.717, 1.165) is 25.7 Å². The summed E-state index contributed by atoms with van der Waals surface area (Å²) < 4.78 is 26.2. The van der Waals surface area contributed by atoms with Crippen molar-refractivity contribution in [2.75, 3.05) is 13.2 Å². The van der Waals surface area contributed by atoms with E-state index in [4.69, 9.17) is 18.9 Å². The Balaban J connectivity index is 2.25. The molecule has 9 heteroatoms. The Morgan fingerprint density at radius 2 is 1.73 bits per heavy atom. The van der Waals surface area contributed by atoms with Crippen molar-refractivity contribution < 1.29 is 38.6 Å². The van der Waals surface area contributed by atoms with Crippen LogP contribution in [0.15, 0.2) is 0 Å². The van der Waals surface area contributed by atoms with Gasteiger partial charge in [-0.15, -0.1) is 0 Å². The van der Waals surface area contributed by atoms with E-state index in [1.165, 1.54) is 6.42 Å². The van der Waals surface area contributed by atoms with Gasteiger partial charge in [0.05, 0.1) is 13.2 Å². The minimum atomic E-state index is -4.38. The fourth-order valence-electron chi connectivity index (χ4n) is 2.18. The number of aliphatic hydroxyl groups excluding tert-OH is 3. The second-order valence-corrected chi connectivity index (χ2v) is 6.79. The maximum absolute atomic E-state index is 11.7. The molecule has 132 valence electrons. The highest BCUT2D eigenvalue weighted by molar-refractivity contribution is 7.47. The first-order valence-corrected chi connectivity index (χ1v) is 9.19. The Morgan fingerprint density at radius 3 is 2.32 bits per heavy atom. The summed E-state index contributed by atoms with van der Waals surface area (Å²) in [4.78, 5) is 9.55. The first-order valence-electron chi connectivity index (χ1n) is 7.69. The smallest absolute Gasteiger partial charge is 0.394 e. The topological polar surface area (TPSA) is 126 Å². The number of rotatable bonds is 11. The summed E-state index contributed by atoms with van der Waals surface area (Å²) in [5.74, 6) is 0. The van der Waals surface area contributed by atoms with Crippen LogP contribution in [-0.4, -0.2) is 58.0 Å². The van der Waals surface area contributed by atoms with Gasteiger partial charge in [-0.1, -0.05) is 39.0 Å². The number of hydrogen-bond donors (Lipinski definition) is 4. The molecule has 1 rings (SSSR count). The van der Waals surface area contributed by atoms with Crippen molar-refractivity contribution in [3.8, 4) is 0 Å². The Bertz CT molecular complexity index is 353. The summed E-state index contributed by atoms with van der Waals surface area (Å²) in [6.07, 6.45) is 0.569. The van der Waals surface area contributed by atoms with Gasteiger partial charge in [-0.2, -0.15) is 0 Å². The summed E-state index contributed by atoms with van der Waals surface area (Å²) in [5.41, 5.74) is 0. The van der Waals surface area contributed by atoms with Gasteiger partial charge in [0, 0.05) is 0 Å². The van der Waals surface area contributed by atoms with Crippen LogP contribution in [0.4, 0.5) is 0 Å². The number of phosphoric ester groups is 1. The van der Waals surface area contributed by atoms with Gasteiger partial charge in [-0.25, -0.2) is 4.57 Å².